The van der Waals surface area contributed by atoms with Gasteiger partial charge in [-0.2, -0.15) is 0 Å². The van der Waals surface area contributed by atoms with Crippen molar-refractivity contribution in [2.75, 3.05) is 24.3 Å². The number of ether oxygens (including phenoxy) is 1. The number of unbranched alkanes of at least 4 members (excludes halogenated alkanes) is 2. The van der Waals surface area contributed by atoms with Gasteiger partial charge in [-0.15, -0.1) is 0 Å². The first kappa shape index (κ1) is 20.3. The largest absolute Gasteiger partial charge is 0.497 e. The number of amides is 1. The first-order chi connectivity index (χ1) is 14.2. The van der Waals surface area contributed by atoms with Crippen LogP contribution in [0.5, 0.6) is 5.75 Å². The number of nitrogens with zero attached hydrogens (tertiary/aromatic N) is 2. The third-order valence-electron chi connectivity index (χ3n) is 4.43. The summed E-state index contributed by atoms with van der Waals surface area (Å²) in [6.07, 6.45) is 3.35. The molecule has 0 saturated heterocycles. The van der Waals surface area contributed by atoms with Gasteiger partial charge in [-0.1, -0.05) is 50.1 Å². The molecule has 2 N–H and O–H groups in total. The zero-order valence-corrected chi connectivity index (χ0v) is 16.8. The molecule has 0 radical (unpaired) electrons. The van der Waals surface area contributed by atoms with E-state index < -0.39 is 0 Å². The third-order valence-corrected chi connectivity index (χ3v) is 4.43. The molecule has 150 valence electrons. The van der Waals surface area contributed by atoms with Crippen LogP contribution >= 0.6 is 0 Å². The van der Waals surface area contributed by atoms with Crippen LogP contribution in [0, 0.1) is 0 Å². The number of nitrogens with one attached hydrogen (secondary N) is 2. The number of aromatic nitrogens is 2. The molecule has 0 bridgehead atoms. The molecule has 1 amide bonds. The lowest BCUT2D eigenvalue weighted by Gasteiger charge is -2.11. The Labute approximate surface area is 171 Å². The molecule has 1 heterocycles. The van der Waals surface area contributed by atoms with Crippen LogP contribution in [0.25, 0.3) is 11.4 Å². The van der Waals surface area contributed by atoms with E-state index in [9.17, 15) is 4.79 Å². The van der Waals surface area contributed by atoms with Crippen LogP contribution in [0.1, 0.15) is 36.7 Å². The van der Waals surface area contributed by atoms with Crippen LogP contribution < -0.4 is 15.4 Å². The van der Waals surface area contributed by atoms with Crippen molar-refractivity contribution in [1.82, 2.24) is 9.97 Å². The molecule has 0 unspecified atom stereocenters. The van der Waals surface area contributed by atoms with Crippen LogP contribution in [0.2, 0.25) is 0 Å². The predicted octanol–water partition coefficient (Wildman–Crippen LogP) is 5.01. The highest BCUT2D eigenvalue weighted by atomic mass is 16.5. The number of methoxy groups -OCH3 is 1. The summed E-state index contributed by atoms with van der Waals surface area (Å²) in [6, 6.07) is 18.5. The van der Waals surface area contributed by atoms with Gasteiger partial charge >= 0.3 is 0 Å². The maximum atomic E-state index is 12.8. The lowest BCUT2D eigenvalue weighted by atomic mass is 10.2. The van der Waals surface area contributed by atoms with Gasteiger partial charge in [-0.05, 0) is 30.7 Å². The van der Waals surface area contributed by atoms with Crippen LogP contribution in [0.15, 0.2) is 60.7 Å². The fraction of sp³-hybridized carbons (Fsp3) is 0.261. The summed E-state index contributed by atoms with van der Waals surface area (Å²) in [5.41, 5.74) is 1.85. The summed E-state index contributed by atoms with van der Waals surface area (Å²) in [4.78, 5) is 21.9. The van der Waals surface area contributed by atoms with Crippen molar-refractivity contribution < 1.29 is 9.53 Å². The third kappa shape index (κ3) is 5.78. The van der Waals surface area contributed by atoms with Gasteiger partial charge < -0.3 is 15.4 Å². The smallest absolute Gasteiger partial charge is 0.274 e. The van der Waals surface area contributed by atoms with Gasteiger partial charge in [0.1, 0.15) is 17.3 Å². The van der Waals surface area contributed by atoms with Crippen LogP contribution in [0.4, 0.5) is 11.5 Å². The molecule has 0 spiro atoms. The van der Waals surface area contributed by atoms with E-state index in [2.05, 4.69) is 27.5 Å². The average Bonchev–Trinajstić information content (AvgIpc) is 2.77. The summed E-state index contributed by atoms with van der Waals surface area (Å²) < 4.78 is 5.15. The van der Waals surface area contributed by atoms with Gasteiger partial charge in [0.2, 0.25) is 0 Å². The summed E-state index contributed by atoms with van der Waals surface area (Å²) in [5.74, 6) is 1.61. The molecular weight excluding hydrogens is 364 g/mol. The fourth-order valence-electron chi connectivity index (χ4n) is 2.83. The number of carbonyl (C=O) groups excluding carboxylic acids is 1. The van der Waals surface area contributed by atoms with E-state index in [4.69, 9.17) is 4.74 Å². The number of anilines is 2. The molecule has 2 aromatic carbocycles. The minimum atomic E-state index is -0.286. The summed E-state index contributed by atoms with van der Waals surface area (Å²) in [6.45, 7) is 2.97. The Morgan fingerprint density at radius 3 is 2.45 bits per heavy atom. The lowest BCUT2D eigenvalue weighted by molar-refractivity contribution is 0.102. The van der Waals surface area contributed by atoms with E-state index in [1.54, 1.807) is 37.4 Å². The second-order valence-electron chi connectivity index (χ2n) is 6.64. The molecule has 3 aromatic rings. The number of carbonyl (C=O) groups is 1. The van der Waals surface area contributed by atoms with Gasteiger partial charge in [0.05, 0.1) is 7.11 Å². The van der Waals surface area contributed by atoms with Crippen molar-refractivity contribution >= 4 is 17.4 Å². The molecule has 0 saturated carbocycles. The van der Waals surface area contributed by atoms with Gasteiger partial charge in [-0.25, -0.2) is 9.97 Å². The van der Waals surface area contributed by atoms with E-state index >= 15 is 0 Å². The molecule has 6 heteroatoms. The summed E-state index contributed by atoms with van der Waals surface area (Å²) >= 11 is 0. The summed E-state index contributed by atoms with van der Waals surface area (Å²) in [5, 5.41) is 6.20. The normalized spacial score (nSPS) is 10.4. The van der Waals surface area contributed by atoms with Crippen molar-refractivity contribution in [2.24, 2.45) is 0 Å². The Balaban J connectivity index is 1.83. The minimum absolute atomic E-state index is 0.286. The maximum absolute atomic E-state index is 12.8. The quantitative estimate of drug-likeness (QED) is 0.503. The number of rotatable bonds is 9. The standard InChI is InChI=1S/C23H26N4O2/c1-3-4-8-15-24-21-16-20(26-22(27-21)17-9-6-5-7-10-17)23(28)25-18-11-13-19(29-2)14-12-18/h5-7,9-14,16H,3-4,8,15H2,1-2H3,(H,25,28)(H,24,26,27). The molecular formula is C23H26N4O2. The van der Waals surface area contributed by atoms with E-state index in [1.165, 1.54) is 0 Å². The number of hydrogen-bond acceptors (Lipinski definition) is 5. The zero-order chi connectivity index (χ0) is 20.5. The molecule has 0 atom stereocenters. The Morgan fingerprint density at radius 2 is 1.76 bits per heavy atom. The van der Waals surface area contributed by atoms with Crippen LogP contribution in [-0.2, 0) is 0 Å². The van der Waals surface area contributed by atoms with Crippen LogP contribution in [-0.4, -0.2) is 29.5 Å². The van der Waals surface area contributed by atoms with Crippen molar-refractivity contribution in [1.29, 1.82) is 0 Å². The summed E-state index contributed by atoms with van der Waals surface area (Å²) in [7, 11) is 1.61. The predicted molar refractivity (Wildman–Crippen MR) is 116 cm³/mol. The van der Waals surface area contributed by atoms with Crippen molar-refractivity contribution in [3.05, 3.63) is 66.4 Å². The minimum Gasteiger partial charge on any atom is -0.497 e. The van der Waals surface area contributed by atoms with Crippen molar-refractivity contribution in [3.63, 3.8) is 0 Å². The number of hydrogen-bond donors (Lipinski definition) is 2. The number of benzene rings is 2. The molecule has 29 heavy (non-hydrogen) atoms. The highest BCUT2D eigenvalue weighted by Crippen LogP contribution is 2.20. The van der Waals surface area contributed by atoms with E-state index in [1.807, 2.05) is 30.3 Å². The highest BCUT2D eigenvalue weighted by molar-refractivity contribution is 6.03. The maximum Gasteiger partial charge on any atom is 0.274 e. The second-order valence-corrected chi connectivity index (χ2v) is 6.64. The molecule has 6 nitrogen and oxygen atoms in total. The topological polar surface area (TPSA) is 76.1 Å². The van der Waals surface area contributed by atoms with Gasteiger partial charge in [-0.3, -0.25) is 4.79 Å². The Kier molecular flexibility index (Phi) is 7.16. The Bertz CT molecular complexity index is 927. The van der Waals surface area contributed by atoms with Gasteiger partial charge in [0, 0.05) is 23.9 Å². The van der Waals surface area contributed by atoms with E-state index in [0.29, 0.717) is 23.0 Å². The first-order valence-electron chi connectivity index (χ1n) is 9.83. The Morgan fingerprint density at radius 1 is 1.00 bits per heavy atom. The monoisotopic (exact) mass is 390 g/mol. The van der Waals surface area contributed by atoms with Crippen molar-refractivity contribution in [3.8, 4) is 17.1 Å². The second kappa shape index (κ2) is 10.2. The zero-order valence-electron chi connectivity index (χ0n) is 16.8. The van der Waals surface area contributed by atoms with Gasteiger partial charge in [0.15, 0.2) is 5.82 Å². The van der Waals surface area contributed by atoms with Crippen molar-refractivity contribution in [2.45, 2.75) is 26.2 Å². The molecule has 3 rings (SSSR count). The first-order valence-corrected chi connectivity index (χ1v) is 9.83. The molecule has 0 aliphatic carbocycles. The average molecular weight is 390 g/mol. The lowest BCUT2D eigenvalue weighted by Crippen LogP contribution is -2.16. The molecule has 1 aromatic heterocycles. The SMILES string of the molecule is CCCCCNc1cc(C(=O)Nc2ccc(OC)cc2)nc(-c2ccccc2)n1. The molecule has 0 aliphatic rings. The Hall–Kier alpha value is -3.41. The van der Waals surface area contributed by atoms with Gasteiger partial charge in [0.25, 0.3) is 5.91 Å². The molecule has 0 aliphatic heterocycles. The van der Waals surface area contributed by atoms with E-state index in [0.717, 1.165) is 37.1 Å². The molecule has 0 fully saturated rings. The highest BCUT2D eigenvalue weighted by Gasteiger charge is 2.13. The van der Waals surface area contributed by atoms with Crippen LogP contribution in [0.3, 0.4) is 0 Å². The fourth-order valence-corrected chi connectivity index (χ4v) is 2.83. The van der Waals surface area contributed by atoms with E-state index in [-0.39, 0.29) is 5.91 Å².